The van der Waals surface area contributed by atoms with Crippen LogP contribution in [-0.2, 0) is 10.4 Å². The molecule has 1 amide bonds. The van der Waals surface area contributed by atoms with E-state index in [-0.39, 0.29) is 24.3 Å². The van der Waals surface area contributed by atoms with Crippen LogP contribution >= 0.6 is 0 Å². The molecule has 2 fully saturated rings. The summed E-state index contributed by atoms with van der Waals surface area (Å²) in [6.07, 6.45) is 9.47. The molecule has 3 aliphatic rings. The van der Waals surface area contributed by atoms with Crippen LogP contribution in [0.3, 0.4) is 0 Å². The number of hydrogen-bond acceptors (Lipinski definition) is 2. The Hall–Kier alpha value is -2.05. The second kappa shape index (κ2) is 9.30. The lowest BCUT2D eigenvalue weighted by atomic mass is 9.78. The van der Waals surface area contributed by atoms with Crippen molar-refractivity contribution in [2.45, 2.75) is 62.5 Å². The summed E-state index contributed by atoms with van der Waals surface area (Å²) in [6, 6.07) is 9.68. The van der Waals surface area contributed by atoms with Crippen molar-refractivity contribution in [1.29, 1.82) is 0 Å². The normalized spacial score (nSPS) is 23.9. The van der Waals surface area contributed by atoms with Gasteiger partial charge in [0.05, 0.1) is 20.1 Å². The van der Waals surface area contributed by atoms with Gasteiger partial charge < -0.3 is 14.5 Å². The first-order valence-electron chi connectivity index (χ1n) is 12.3. The summed E-state index contributed by atoms with van der Waals surface area (Å²) in [7, 11) is 4.19. The maximum atomic E-state index is 13.8. The number of carbonyl (C=O) groups is 1. The number of hydrogen-bond donors (Lipinski definition) is 1. The molecule has 0 bridgehead atoms. The van der Waals surface area contributed by atoms with Crippen LogP contribution in [0.15, 0.2) is 54.1 Å². The van der Waals surface area contributed by atoms with Crippen molar-refractivity contribution in [2.24, 2.45) is 5.92 Å². The minimum absolute atomic E-state index is 0.0506. The minimum atomic E-state index is -2.76. The van der Waals surface area contributed by atoms with E-state index in [1.54, 1.807) is 0 Å². The van der Waals surface area contributed by atoms with Crippen molar-refractivity contribution in [2.75, 3.05) is 33.7 Å². The van der Waals surface area contributed by atoms with E-state index in [4.69, 9.17) is 0 Å². The number of quaternary nitrogens is 1. The topological polar surface area (TPSA) is 40.5 Å². The zero-order valence-electron chi connectivity index (χ0n) is 19.9. The molecule has 4 nitrogen and oxygen atoms in total. The first-order valence-corrected chi connectivity index (χ1v) is 12.3. The number of rotatable bonds is 6. The zero-order chi connectivity index (χ0) is 23.7. The third-order valence-electron chi connectivity index (χ3n) is 7.97. The van der Waals surface area contributed by atoms with Crippen LogP contribution in [0.1, 0.15) is 50.5 Å². The Labute approximate surface area is 196 Å². The van der Waals surface area contributed by atoms with E-state index < -0.39 is 11.5 Å². The van der Waals surface area contributed by atoms with Gasteiger partial charge in [-0.25, -0.2) is 8.78 Å². The Morgan fingerprint density at radius 2 is 1.76 bits per heavy atom. The van der Waals surface area contributed by atoms with Crippen LogP contribution in [0.25, 0.3) is 0 Å². The SMILES string of the molecule is C[N+](C)(CC1=CC=CC(F)(F)C1)C1CCN(C(=O)C(O)(c2ccccc2)C2CCCC2)CC1. The molecule has 4 rings (SSSR count). The lowest BCUT2D eigenvalue weighted by Crippen LogP contribution is -2.58. The van der Waals surface area contributed by atoms with E-state index in [1.807, 2.05) is 41.3 Å². The highest BCUT2D eigenvalue weighted by Crippen LogP contribution is 2.42. The minimum Gasteiger partial charge on any atom is -0.375 e. The maximum absolute atomic E-state index is 13.8. The number of allylic oxidation sites excluding steroid dienone is 3. The van der Waals surface area contributed by atoms with Gasteiger partial charge in [-0.15, -0.1) is 0 Å². The van der Waals surface area contributed by atoms with Gasteiger partial charge in [-0.05, 0) is 30.1 Å². The van der Waals surface area contributed by atoms with Crippen LogP contribution in [-0.4, -0.2) is 66.1 Å². The van der Waals surface area contributed by atoms with Gasteiger partial charge in [0.2, 0.25) is 0 Å². The first kappa shape index (κ1) is 24.1. The number of carbonyl (C=O) groups excluding carboxylic acids is 1. The summed E-state index contributed by atoms with van der Waals surface area (Å²) in [5.41, 5.74) is -0.0103. The summed E-state index contributed by atoms with van der Waals surface area (Å²) in [4.78, 5) is 15.6. The fourth-order valence-corrected chi connectivity index (χ4v) is 6.09. The highest BCUT2D eigenvalue weighted by molar-refractivity contribution is 5.87. The largest absolute Gasteiger partial charge is 0.375 e. The quantitative estimate of drug-likeness (QED) is 0.629. The molecule has 0 radical (unpaired) electrons. The molecule has 33 heavy (non-hydrogen) atoms. The fourth-order valence-electron chi connectivity index (χ4n) is 6.09. The number of aliphatic hydroxyl groups is 1. The zero-order valence-corrected chi connectivity index (χ0v) is 19.9. The molecule has 180 valence electrons. The lowest BCUT2D eigenvalue weighted by molar-refractivity contribution is -0.912. The molecule has 1 aliphatic heterocycles. The highest BCUT2D eigenvalue weighted by atomic mass is 19.3. The van der Waals surface area contributed by atoms with Crippen molar-refractivity contribution in [3.8, 4) is 0 Å². The van der Waals surface area contributed by atoms with E-state index >= 15 is 0 Å². The Bertz CT molecular complexity index is 898. The predicted octanol–water partition coefficient (Wildman–Crippen LogP) is 4.65. The second-order valence-electron chi connectivity index (χ2n) is 10.7. The third kappa shape index (κ3) is 5.07. The molecular formula is C27H37F2N2O2+. The van der Waals surface area contributed by atoms with Gasteiger partial charge in [0.1, 0.15) is 6.54 Å². The highest BCUT2D eigenvalue weighted by Gasteiger charge is 2.49. The molecule has 1 N–H and O–H groups in total. The van der Waals surface area contributed by atoms with E-state index in [0.29, 0.717) is 29.7 Å². The number of likely N-dealkylation sites (N-methyl/N-ethyl adjacent to an activating group) is 1. The summed E-state index contributed by atoms with van der Waals surface area (Å²) in [5, 5.41) is 11.8. The molecule has 1 heterocycles. The number of benzene rings is 1. The van der Waals surface area contributed by atoms with Crippen LogP contribution in [0.4, 0.5) is 8.78 Å². The molecule has 0 aromatic heterocycles. The summed E-state index contributed by atoms with van der Waals surface area (Å²) in [6.45, 7) is 1.75. The number of nitrogens with zero attached hydrogens (tertiary/aromatic N) is 2. The fraction of sp³-hybridized carbons (Fsp3) is 0.593. The third-order valence-corrected chi connectivity index (χ3v) is 7.97. The van der Waals surface area contributed by atoms with Gasteiger partial charge in [-0.2, -0.15) is 0 Å². The standard InChI is InChI=1S/C27H37F2N2O2/c1-31(2,20-21-9-8-16-26(28,29)19-21)24-14-17-30(18-15-24)25(32)27(33,23-12-6-7-13-23)22-10-4-3-5-11-22/h3-5,8-11,16,23-24,33H,6-7,12-15,17-20H2,1-2H3/q+1. The monoisotopic (exact) mass is 459 g/mol. The molecule has 2 aliphatic carbocycles. The smallest absolute Gasteiger partial charge is 0.270 e. The van der Waals surface area contributed by atoms with Crippen LogP contribution in [0, 0.1) is 5.92 Å². The van der Waals surface area contributed by atoms with Crippen LogP contribution in [0.5, 0.6) is 0 Å². The van der Waals surface area contributed by atoms with Crippen LogP contribution in [0.2, 0.25) is 0 Å². The van der Waals surface area contributed by atoms with Crippen LogP contribution < -0.4 is 0 Å². The summed E-state index contributed by atoms with van der Waals surface area (Å²) < 4.78 is 28.2. The molecule has 6 heteroatoms. The van der Waals surface area contributed by atoms with Crippen molar-refractivity contribution in [1.82, 2.24) is 4.90 Å². The summed E-state index contributed by atoms with van der Waals surface area (Å²) in [5.74, 6) is -2.99. The molecule has 1 saturated heterocycles. The lowest BCUT2D eigenvalue weighted by Gasteiger charge is -2.45. The van der Waals surface area contributed by atoms with Gasteiger partial charge in [0, 0.05) is 38.3 Å². The first-order chi connectivity index (χ1) is 15.6. The summed E-state index contributed by atoms with van der Waals surface area (Å²) >= 11 is 0. The van der Waals surface area contributed by atoms with Gasteiger partial charge in [-0.1, -0.05) is 55.3 Å². The van der Waals surface area contributed by atoms with Gasteiger partial charge >= 0.3 is 0 Å². The molecule has 1 atom stereocenters. The molecule has 1 saturated carbocycles. The average Bonchev–Trinajstić information content (AvgIpc) is 3.33. The van der Waals surface area contributed by atoms with E-state index in [1.165, 1.54) is 6.08 Å². The molecule has 1 aromatic carbocycles. The average molecular weight is 460 g/mol. The molecular weight excluding hydrogens is 422 g/mol. The molecule has 0 spiro atoms. The van der Waals surface area contributed by atoms with E-state index in [2.05, 4.69) is 14.1 Å². The maximum Gasteiger partial charge on any atom is 0.270 e. The second-order valence-corrected chi connectivity index (χ2v) is 10.7. The van der Waals surface area contributed by atoms with Crippen molar-refractivity contribution >= 4 is 5.91 Å². The predicted molar refractivity (Wildman–Crippen MR) is 126 cm³/mol. The van der Waals surface area contributed by atoms with Gasteiger partial charge in [0.25, 0.3) is 11.8 Å². The number of halogens is 2. The number of likely N-dealkylation sites (tertiary alicyclic amines) is 1. The van der Waals surface area contributed by atoms with Crippen molar-refractivity contribution in [3.05, 3.63) is 59.7 Å². The van der Waals surface area contributed by atoms with E-state index in [9.17, 15) is 18.7 Å². The van der Waals surface area contributed by atoms with Crippen molar-refractivity contribution < 1.29 is 23.2 Å². The number of piperidine rings is 1. The number of amides is 1. The van der Waals surface area contributed by atoms with Crippen molar-refractivity contribution in [3.63, 3.8) is 0 Å². The molecule has 1 aromatic rings. The number of alkyl halides is 2. The Balaban J connectivity index is 1.43. The van der Waals surface area contributed by atoms with Gasteiger partial charge in [-0.3, -0.25) is 4.79 Å². The Morgan fingerprint density at radius 1 is 1.12 bits per heavy atom. The van der Waals surface area contributed by atoms with E-state index in [0.717, 1.165) is 50.2 Å². The molecule has 1 unspecified atom stereocenters. The van der Waals surface area contributed by atoms with Gasteiger partial charge in [0.15, 0.2) is 5.60 Å². The Kier molecular flexibility index (Phi) is 6.79. The Morgan fingerprint density at radius 3 is 2.36 bits per heavy atom.